The second kappa shape index (κ2) is 5.21. The van der Waals surface area contributed by atoms with E-state index in [1.165, 1.54) is 0 Å². The average Bonchev–Trinajstić information content (AvgIpc) is 2.68. The molecular formula is C14H19N3O. The maximum Gasteiger partial charge on any atom is 0.181 e. The molecule has 0 unspecified atom stereocenters. The summed E-state index contributed by atoms with van der Waals surface area (Å²) >= 11 is 0. The number of benzene rings is 1. The highest BCUT2D eigenvalue weighted by atomic mass is 16.5. The molecule has 0 aliphatic carbocycles. The molecule has 96 valence electrons. The first kappa shape index (κ1) is 12.6. The molecule has 0 bridgehead atoms. The zero-order valence-corrected chi connectivity index (χ0v) is 11.3. The highest BCUT2D eigenvalue weighted by Gasteiger charge is 2.07. The Labute approximate surface area is 108 Å². The molecule has 0 N–H and O–H groups in total. The Hall–Kier alpha value is -1.84. The number of nitrogens with zero attached hydrogens (tertiary/aromatic N) is 3. The summed E-state index contributed by atoms with van der Waals surface area (Å²) in [5.74, 6) is 3.03. The van der Waals surface area contributed by atoms with Gasteiger partial charge >= 0.3 is 0 Å². The van der Waals surface area contributed by atoms with Gasteiger partial charge in [-0.2, -0.15) is 5.10 Å². The number of ether oxygens (including phenoxy) is 1. The molecule has 4 heteroatoms. The van der Waals surface area contributed by atoms with Gasteiger partial charge in [-0.25, -0.2) is 4.98 Å². The minimum atomic E-state index is 0.517. The van der Waals surface area contributed by atoms with Gasteiger partial charge < -0.3 is 4.74 Å². The molecule has 0 fully saturated rings. The van der Waals surface area contributed by atoms with Gasteiger partial charge in [-0.3, -0.25) is 4.68 Å². The van der Waals surface area contributed by atoms with Crippen molar-refractivity contribution in [3.63, 3.8) is 0 Å². The minimum absolute atomic E-state index is 0.517. The van der Waals surface area contributed by atoms with Crippen molar-refractivity contribution in [3.05, 3.63) is 30.1 Å². The topological polar surface area (TPSA) is 39.9 Å². The molecule has 1 heterocycles. The summed E-state index contributed by atoms with van der Waals surface area (Å²) in [5.41, 5.74) is 0.986. The Kier molecular flexibility index (Phi) is 3.65. The van der Waals surface area contributed by atoms with E-state index >= 15 is 0 Å². The van der Waals surface area contributed by atoms with E-state index in [0.717, 1.165) is 29.6 Å². The van der Waals surface area contributed by atoms with Gasteiger partial charge in [0.1, 0.15) is 11.6 Å². The first-order chi connectivity index (χ1) is 8.56. The standard InChI is InChI=1S/C14H19N3O/c1-10(2)9-18-13-7-5-6-12(8-13)14-15-11(3)17(4)16-14/h5-8,10H,9H2,1-4H3. The molecule has 1 aromatic carbocycles. The Morgan fingerprint density at radius 1 is 1.33 bits per heavy atom. The van der Waals surface area contributed by atoms with Crippen LogP contribution < -0.4 is 4.74 Å². The normalized spacial score (nSPS) is 10.9. The third-order valence-electron chi connectivity index (χ3n) is 2.66. The lowest BCUT2D eigenvalue weighted by Gasteiger charge is -2.08. The number of aromatic nitrogens is 3. The summed E-state index contributed by atoms with van der Waals surface area (Å²) in [5, 5.41) is 4.37. The maximum atomic E-state index is 5.70. The quantitative estimate of drug-likeness (QED) is 0.831. The summed E-state index contributed by atoms with van der Waals surface area (Å²) in [6.45, 7) is 6.93. The van der Waals surface area contributed by atoms with Gasteiger partial charge in [-0.05, 0) is 25.0 Å². The molecule has 2 rings (SSSR count). The van der Waals surface area contributed by atoms with Crippen molar-refractivity contribution in [1.29, 1.82) is 0 Å². The van der Waals surface area contributed by atoms with Crippen molar-refractivity contribution < 1.29 is 4.74 Å². The van der Waals surface area contributed by atoms with E-state index in [1.807, 2.05) is 38.2 Å². The molecule has 1 aromatic heterocycles. The van der Waals surface area contributed by atoms with Crippen LogP contribution in [0.25, 0.3) is 11.4 Å². The SMILES string of the molecule is Cc1nc(-c2cccc(OCC(C)C)c2)nn1C. The van der Waals surface area contributed by atoms with Crippen molar-refractivity contribution in [1.82, 2.24) is 14.8 Å². The molecule has 18 heavy (non-hydrogen) atoms. The van der Waals surface area contributed by atoms with Gasteiger partial charge in [0.15, 0.2) is 5.82 Å². The molecule has 0 aliphatic rings. The average molecular weight is 245 g/mol. The van der Waals surface area contributed by atoms with E-state index in [1.54, 1.807) is 4.68 Å². The van der Waals surface area contributed by atoms with E-state index in [-0.39, 0.29) is 0 Å². The van der Waals surface area contributed by atoms with Crippen LogP contribution in [-0.2, 0) is 7.05 Å². The largest absolute Gasteiger partial charge is 0.493 e. The van der Waals surface area contributed by atoms with Crippen molar-refractivity contribution in [3.8, 4) is 17.1 Å². The van der Waals surface area contributed by atoms with E-state index in [0.29, 0.717) is 5.92 Å². The fourth-order valence-corrected chi connectivity index (χ4v) is 1.57. The number of rotatable bonds is 4. The van der Waals surface area contributed by atoms with Gasteiger partial charge in [0.2, 0.25) is 0 Å². The third kappa shape index (κ3) is 2.88. The zero-order valence-electron chi connectivity index (χ0n) is 11.3. The highest BCUT2D eigenvalue weighted by molar-refractivity contribution is 5.57. The smallest absolute Gasteiger partial charge is 0.181 e. The molecule has 2 aromatic rings. The molecule has 0 amide bonds. The Bertz CT molecular complexity index is 512. The van der Waals surface area contributed by atoms with Gasteiger partial charge in [0.05, 0.1) is 6.61 Å². The van der Waals surface area contributed by atoms with Gasteiger partial charge in [-0.1, -0.05) is 26.0 Å². The van der Waals surface area contributed by atoms with Crippen LogP contribution in [-0.4, -0.2) is 21.4 Å². The number of hydrogen-bond acceptors (Lipinski definition) is 3. The van der Waals surface area contributed by atoms with Gasteiger partial charge in [-0.15, -0.1) is 0 Å². The van der Waals surface area contributed by atoms with Crippen LogP contribution in [0.15, 0.2) is 24.3 Å². The fraction of sp³-hybridized carbons (Fsp3) is 0.429. The molecule has 0 aliphatic heterocycles. The highest BCUT2D eigenvalue weighted by Crippen LogP contribution is 2.21. The summed E-state index contributed by atoms with van der Waals surface area (Å²) in [6.07, 6.45) is 0. The molecule has 0 spiro atoms. The van der Waals surface area contributed by atoms with E-state index in [4.69, 9.17) is 4.74 Å². The van der Waals surface area contributed by atoms with E-state index < -0.39 is 0 Å². The fourth-order valence-electron chi connectivity index (χ4n) is 1.57. The monoisotopic (exact) mass is 245 g/mol. The van der Waals surface area contributed by atoms with Crippen molar-refractivity contribution >= 4 is 0 Å². The summed E-state index contributed by atoms with van der Waals surface area (Å²) < 4.78 is 7.48. The predicted molar refractivity (Wildman–Crippen MR) is 71.5 cm³/mol. The lowest BCUT2D eigenvalue weighted by molar-refractivity contribution is 0.271. The second-order valence-corrected chi connectivity index (χ2v) is 4.84. The van der Waals surface area contributed by atoms with Crippen LogP contribution in [0.4, 0.5) is 0 Å². The second-order valence-electron chi connectivity index (χ2n) is 4.84. The molecule has 0 saturated carbocycles. The maximum absolute atomic E-state index is 5.70. The van der Waals surface area contributed by atoms with E-state index in [9.17, 15) is 0 Å². The van der Waals surface area contributed by atoms with Crippen LogP contribution >= 0.6 is 0 Å². The van der Waals surface area contributed by atoms with Crippen LogP contribution in [0.5, 0.6) is 5.75 Å². The zero-order chi connectivity index (χ0) is 13.1. The molecular weight excluding hydrogens is 226 g/mol. The van der Waals surface area contributed by atoms with Crippen molar-refractivity contribution in [2.75, 3.05) is 6.61 Å². The first-order valence-corrected chi connectivity index (χ1v) is 6.17. The summed E-state index contributed by atoms with van der Waals surface area (Å²) in [7, 11) is 1.89. The number of hydrogen-bond donors (Lipinski definition) is 0. The Balaban J connectivity index is 2.21. The summed E-state index contributed by atoms with van der Waals surface area (Å²) in [4.78, 5) is 4.41. The lowest BCUT2D eigenvalue weighted by atomic mass is 10.2. The molecule has 0 atom stereocenters. The number of aryl methyl sites for hydroxylation is 2. The summed E-state index contributed by atoms with van der Waals surface area (Å²) in [6, 6.07) is 7.91. The van der Waals surface area contributed by atoms with Crippen molar-refractivity contribution in [2.24, 2.45) is 13.0 Å². The van der Waals surface area contributed by atoms with Crippen LogP contribution in [0, 0.1) is 12.8 Å². The van der Waals surface area contributed by atoms with E-state index in [2.05, 4.69) is 23.9 Å². The lowest BCUT2D eigenvalue weighted by Crippen LogP contribution is -2.04. The predicted octanol–water partition coefficient (Wildman–Crippen LogP) is 2.83. The van der Waals surface area contributed by atoms with Crippen LogP contribution in [0.2, 0.25) is 0 Å². The Morgan fingerprint density at radius 3 is 2.72 bits per heavy atom. The Morgan fingerprint density at radius 2 is 2.11 bits per heavy atom. The van der Waals surface area contributed by atoms with Crippen LogP contribution in [0.3, 0.4) is 0 Å². The van der Waals surface area contributed by atoms with Gasteiger partial charge in [0.25, 0.3) is 0 Å². The van der Waals surface area contributed by atoms with Crippen molar-refractivity contribution in [2.45, 2.75) is 20.8 Å². The van der Waals surface area contributed by atoms with Gasteiger partial charge in [0, 0.05) is 12.6 Å². The van der Waals surface area contributed by atoms with Crippen LogP contribution in [0.1, 0.15) is 19.7 Å². The minimum Gasteiger partial charge on any atom is -0.493 e. The molecule has 0 saturated heterocycles. The molecule has 4 nitrogen and oxygen atoms in total. The third-order valence-corrected chi connectivity index (χ3v) is 2.66. The molecule has 0 radical (unpaired) electrons. The first-order valence-electron chi connectivity index (χ1n) is 6.17.